The lowest BCUT2D eigenvalue weighted by Crippen LogP contribution is -2.17. The third-order valence-electron chi connectivity index (χ3n) is 2.92. The highest BCUT2D eigenvalue weighted by Gasteiger charge is 2.01. The maximum Gasteiger partial charge on any atom is 0.335 e. The summed E-state index contributed by atoms with van der Waals surface area (Å²) < 4.78 is 5.48. The molecule has 0 aliphatic carbocycles. The minimum atomic E-state index is -0.902. The Morgan fingerprint density at radius 2 is 2.00 bits per heavy atom. The molecule has 110 valence electrons. The molecule has 0 aliphatic rings. The summed E-state index contributed by atoms with van der Waals surface area (Å²) in [4.78, 5) is 14.8. The van der Waals surface area contributed by atoms with E-state index in [1.54, 1.807) is 18.3 Å². The Morgan fingerprint density at radius 1 is 1.19 bits per heavy atom. The van der Waals surface area contributed by atoms with Crippen molar-refractivity contribution >= 4 is 5.97 Å². The minimum Gasteiger partial charge on any atom is -0.478 e. The van der Waals surface area contributed by atoms with E-state index in [9.17, 15) is 4.79 Å². The summed E-state index contributed by atoms with van der Waals surface area (Å²) in [6.07, 6.45) is 2.58. The molecule has 0 amide bonds. The van der Waals surface area contributed by atoms with Gasteiger partial charge in [-0.25, -0.2) is 9.78 Å². The SMILES string of the molecule is O=C(O)c1ccc(CNCCCOc2ccccn2)cc1. The van der Waals surface area contributed by atoms with Gasteiger partial charge >= 0.3 is 5.97 Å². The number of benzene rings is 1. The standard InChI is InChI=1S/C16H18N2O3/c19-16(20)14-7-5-13(6-8-14)12-17-9-3-11-21-15-4-1-2-10-18-15/h1-2,4-8,10,17H,3,9,11-12H2,(H,19,20). The highest BCUT2D eigenvalue weighted by Crippen LogP contribution is 2.05. The summed E-state index contributed by atoms with van der Waals surface area (Å²) in [6.45, 7) is 2.15. The number of ether oxygens (including phenoxy) is 1. The topological polar surface area (TPSA) is 71.5 Å². The fourth-order valence-corrected chi connectivity index (χ4v) is 1.80. The van der Waals surface area contributed by atoms with Gasteiger partial charge in [0.2, 0.25) is 5.88 Å². The van der Waals surface area contributed by atoms with Gasteiger partial charge in [0.15, 0.2) is 0 Å². The van der Waals surface area contributed by atoms with Crippen LogP contribution >= 0.6 is 0 Å². The second-order valence-electron chi connectivity index (χ2n) is 4.55. The Bertz CT molecular complexity index is 555. The van der Waals surface area contributed by atoms with Crippen molar-refractivity contribution in [3.05, 3.63) is 59.8 Å². The minimum absolute atomic E-state index is 0.308. The Labute approximate surface area is 123 Å². The Balaban J connectivity index is 1.60. The summed E-state index contributed by atoms with van der Waals surface area (Å²) in [5.74, 6) is -0.261. The normalized spacial score (nSPS) is 10.3. The molecule has 2 rings (SSSR count). The maximum absolute atomic E-state index is 10.7. The maximum atomic E-state index is 10.7. The molecule has 2 N–H and O–H groups in total. The molecule has 1 aromatic carbocycles. The van der Waals surface area contributed by atoms with Crippen LogP contribution in [0.1, 0.15) is 22.3 Å². The molecular formula is C16H18N2O3. The van der Waals surface area contributed by atoms with Crippen LogP contribution in [0.5, 0.6) is 5.88 Å². The molecule has 5 heteroatoms. The molecule has 0 saturated carbocycles. The molecule has 0 bridgehead atoms. The van der Waals surface area contributed by atoms with Gasteiger partial charge in [0, 0.05) is 18.8 Å². The van der Waals surface area contributed by atoms with Crippen LogP contribution < -0.4 is 10.1 Å². The molecule has 2 aromatic rings. The third-order valence-corrected chi connectivity index (χ3v) is 2.92. The van der Waals surface area contributed by atoms with Gasteiger partial charge in [-0.2, -0.15) is 0 Å². The fourth-order valence-electron chi connectivity index (χ4n) is 1.80. The Hall–Kier alpha value is -2.40. The van der Waals surface area contributed by atoms with Crippen LogP contribution in [0.15, 0.2) is 48.7 Å². The highest BCUT2D eigenvalue weighted by atomic mass is 16.5. The number of carbonyl (C=O) groups is 1. The molecule has 0 fully saturated rings. The number of hydrogen-bond acceptors (Lipinski definition) is 4. The summed E-state index contributed by atoms with van der Waals surface area (Å²) in [6, 6.07) is 12.4. The van der Waals surface area contributed by atoms with Gasteiger partial charge < -0.3 is 15.2 Å². The monoisotopic (exact) mass is 286 g/mol. The summed E-state index contributed by atoms with van der Waals surface area (Å²) in [7, 11) is 0. The number of nitrogens with zero attached hydrogens (tertiary/aromatic N) is 1. The number of hydrogen-bond donors (Lipinski definition) is 2. The van der Waals surface area contributed by atoms with Crippen LogP contribution in [0, 0.1) is 0 Å². The Kier molecular flexibility index (Phi) is 5.72. The van der Waals surface area contributed by atoms with Crippen molar-refractivity contribution in [2.24, 2.45) is 0 Å². The van der Waals surface area contributed by atoms with Gasteiger partial charge in [0.1, 0.15) is 0 Å². The molecule has 0 aliphatic heterocycles. The quantitative estimate of drug-likeness (QED) is 0.729. The number of aromatic carboxylic acids is 1. The molecule has 21 heavy (non-hydrogen) atoms. The zero-order valence-corrected chi connectivity index (χ0v) is 11.7. The second kappa shape index (κ2) is 8.01. The van der Waals surface area contributed by atoms with Gasteiger partial charge in [-0.05, 0) is 36.7 Å². The van der Waals surface area contributed by atoms with Crippen LogP contribution in [0.4, 0.5) is 0 Å². The lowest BCUT2D eigenvalue weighted by atomic mass is 10.1. The molecule has 0 radical (unpaired) electrons. The van der Waals surface area contributed by atoms with Crippen molar-refractivity contribution in [2.45, 2.75) is 13.0 Å². The highest BCUT2D eigenvalue weighted by molar-refractivity contribution is 5.87. The lowest BCUT2D eigenvalue weighted by Gasteiger charge is -2.07. The molecule has 5 nitrogen and oxygen atoms in total. The van der Waals surface area contributed by atoms with E-state index in [2.05, 4.69) is 10.3 Å². The summed E-state index contributed by atoms with van der Waals surface area (Å²) in [5, 5.41) is 12.1. The zero-order valence-electron chi connectivity index (χ0n) is 11.7. The third kappa shape index (κ3) is 5.24. The number of nitrogens with one attached hydrogen (secondary N) is 1. The predicted molar refractivity (Wildman–Crippen MR) is 79.5 cm³/mol. The number of carboxylic acids is 1. The predicted octanol–water partition coefficient (Wildman–Crippen LogP) is 2.34. The fraction of sp³-hybridized carbons (Fsp3) is 0.250. The number of carboxylic acid groups (broad SMARTS) is 1. The second-order valence-corrected chi connectivity index (χ2v) is 4.55. The van der Waals surface area contributed by atoms with Crippen LogP contribution in [0.2, 0.25) is 0 Å². The molecule has 0 spiro atoms. The van der Waals surface area contributed by atoms with E-state index in [1.807, 2.05) is 30.3 Å². The van der Waals surface area contributed by atoms with Gasteiger partial charge in [0.25, 0.3) is 0 Å². The molecule has 0 atom stereocenters. The van der Waals surface area contributed by atoms with Crippen molar-refractivity contribution in [3.63, 3.8) is 0 Å². The first-order valence-electron chi connectivity index (χ1n) is 6.82. The summed E-state index contributed by atoms with van der Waals surface area (Å²) >= 11 is 0. The van der Waals surface area contributed by atoms with Crippen molar-refractivity contribution in [3.8, 4) is 5.88 Å². The smallest absolute Gasteiger partial charge is 0.335 e. The van der Waals surface area contributed by atoms with E-state index in [1.165, 1.54) is 0 Å². The summed E-state index contributed by atoms with van der Waals surface area (Å²) in [5.41, 5.74) is 1.37. The molecule has 1 heterocycles. The molecule has 0 unspecified atom stereocenters. The number of pyridine rings is 1. The first-order valence-corrected chi connectivity index (χ1v) is 6.82. The van der Waals surface area contributed by atoms with Gasteiger partial charge in [-0.1, -0.05) is 18.2 Å². The van der Waals surface area contributed by atoms with Gasteiger partial charge in [-0.3, -0.25) is 0 Å². The van der Waals surface area contributed by atoms with Crippen molar-refractivity contribution in [1.29, 1.82) is 0 Å². The van der Waals surface area contributed by atoms with E-state index < -0.39 is 5.97 Å². The number of aromatic nitrogens is 1. The first-order chi connectivity index (χ1) is 10.3. The number of rotatable bonds is 8. The van der Waals surface area contributed by atoms with Crippen LogP contribution in [0.3, 0.4) is 0 Å². The van der Waals surface area contributed by atoms with E-state index in [-0.39, 0.29) is 0 Å². The van der Waals surface area contributed by atoms with Crippen LogP contribution in [-0.4, -0.2) is 29.2 Å². The van der Waals surface area contributed by atoms with Crippen LogP contribution in [0.25, 0.3) is 0 Å². The average molecular weight is 286 g/mol. The van der Waals surface area contributed by atoms with Crippen molar-refractivity contribution in [1.82, 2.24) is 10.3 Å². The van der Waals surface area contributed by atoms with E-state index in [0.29, 0.717) is 24.6 Å². The molecule has 1 aromatic heterocycles. The van der Waals surface area contributed by atoms with E-state index >= 15 is 0 Å². The zero-order chi connectivity index (χ0) is 14.9. The largest absolute Gasteiger partial charge is 0.478 e. The molecule has 0 saturated heterocycles. The van der Waals surface area contributed by atoms with Gasteiger partial charge in [-0.15, -0.1) is 0 Å². The molecular weight excluding hydrogens is 268 g/mol. The van der Waals surface area contributed by atoms with E-state index in [0.717, 1.165) is 18.5 Å². The van der Waals surface area contributed by atoms with Crippen molar-refractivity contribution < 1.29 is 14.6 Å². The lowest BCUT2D eigenvalue weighted by molar-refractivity contribution is 0.0697. The van der Waals surface area contributed by atoms with Gasteiger partial charge in [0.05, 0.1) is 12.2 Å². The van der Waals surface area contributed by atoms with Crippen LogP contribution in [-0.2, 0) is 6.54 Å². The average Bonchev–Trinajstić information content (AvgIpc) is 2.52. The van der Waals surface area contributed by atoms with E-state index in [4.69, 9.17) is 9.84 Å². The first kappa shape index (κ1) is 15.0. The Morgan fingerprint density at radius 3 is 2.67 bits per heavy atom. The van der Waals surface area contributed by atoms with Crippen molar-refractivity contribution in [2.75, 3.05) is 13.2 Å².